The lowest BCUT2D eigenvalue weighted by Crippen LogP contribution is -2.33. The Hall–Kier alpha value is -2.16. The third-order valence-electron chi connectivity index (χ3n) is 1.79. The van der Waals surface area contributed by atoms with Gasteiger partial charge in [-0.05, 0) is 6.07 Å². The van der Waals surface area contributed by atoms with Gasteiger partial charge in [0.1, 0.15) is 6.33 Å². The molecule has 0 aliphatic rings. The first-order valence-corrected chi connectivity index (χ1v) is 5.48. The van der Waals surface area contributed by atoms with Crippen molar-refractivity contribution in [2.75, 3.05) is 0 Å². The zero-order valence-corrected chi connectivity index (χ0v) is 8.55. The highest BCUT2D eigenvalue weighted by atomic mass is 32.2. The van der Waals surface area contributed by atoms with Crippen molar-refractivity contribution in [3.63, 3.8) is 0 Å². The Labute approximate surface area is 89.7 Å². The van der Waals surface area contributed by atoms with E-state index < -0.39 is 16.3 Å². The highest BCUT2D eigenvalue weighted by molar-refractivity contribution is 7.88. The van der Waals surface area contributed by atoms with Crippen LogP contribution in [0.15, 0.2) is 24.8 Å². The van der Waals surface area contributed by atoms with E-state index in [1.165, 1.54) is 29.5 Å². The maximum absolute atomic E-state index is 11.5. The number of fused-ring (bicyclic) bond motifs is 1. The zero-order valence-electron chi connectivity index (χ0n) is 7.73. The first kappa shape index (κ1) is 10.4. The summed E-state index contributed by atoms with van der Waals surface area (Å²) in [4.78, 5) is 17.8. The Bertz CT molecular complexity index is 647. The summed E-state index contributed by atoms with van der Waals surface area (Å²) in [6.07, 6.45) is 2.14. The molecule has 0 bridgehead atoms. The van der Waals surface area contributed by atoms with Crippen LogP contribution in [0.4, 0.5) is 4.79 Å². The lowest BCUT2D eigenvalue weighted by molar-refractivity contribution is 0.201. The van der Waals surface area contributed by atoms with E-state index in [0.29, 0.717) is 5.39 Å². The highest BCUT2D eigenvalue weighted by Crippen LogP contribution is 2.12. The molecule has 0 saturated heterocycles. The van der Waals surface area contributed by atoms with Crippen molar-refractivity contribution in [1.82, 2.24) is 18.7 Å². The second-order valence-electron chi connectivity index (χ2n) is 2.83. The molecular formula is C7H6N4O4S. The van der Waals surface area contributed by atoms with Gasteiger partial charge >= 0.3 is 16.3 Å². The van der Waals surface area contributed by atoms with Crippen LogP contribution in [0.1, 0.15) is 0 Å². The van der Waals surface area contributed by atoms with Crippen molar-refractivity contribution in [3.8, 4) is 0 Å². The van der Waals surface area contributed by atoms with Gasteiger partial charge in [-0.25, -0.2) is 23.5 Å². The van der Waals surface area contributed by atoms with Crippen molar-refractivity contribution in [3.05, 3.63) is 24.8 Å². The van der Waals surface area contributed by atoms with Crippen molar-refractivity contribution >= 4 is 27.3 Å². The van der Waals surface area contributed by atoms with Crippen LogP contribution in [0.5, 0.6) is 0 Å². The predicted molar refractivity (Wildman–Crippen MR) is 53.0 cm³/mol. The van der Waals surface area contributed by atoms with E-state index in [1.54, 1.807) is 0 Å². The number of carbonyl (C=O) groups is 1. The fourth-order valence-corrected chi connectivity index (χ4v) is 2.13. The molecule has 2 aromatic rings. The molecule has 2 aromatic heterocycles. The summed E-state index contributed by atoms with van der Waals surface area (Å²) in [6.45, 7) is 0. The summed E-state index contributed by atoms with van der Waals surface area (Å²) < 4.78 is 25.2. The quantitative estimate of drug-likeness (QED) is 0.753. The summed E-state index contributed by atoms with van der Waals surface area (Å²) in [5.74, 6) is 0. The van der Waals surface area contributed by atoms with Crippen LogP contribution in [0, 0.1) is 0 Å². The van der Waals surface area contributed by atoms with Gasteiger partial charge in [0.2, 0.25) is 0 Å². The molecule has 0 aromatic carbocycles. The summed E-state index contributed by atoms with van der Waals surface area (Å²) in [5, 5.41) is 8.88. The molecule has 2 heterocycles. The maximum atomic E-state index is 11.5. The van der Waals surface area contributed by atoms with Crippen LogP contribution in [0.25, 0.3) is 11.0 Å². The number of hydrogen-bond donors (Lipinski definition) is 2. The Balaban J connectivity index is 2.60. The molecule has 9 heteroatoms. The standard InChI is InChI=1S/C7H6N4O4S/c12-7(13)10-16(14,15)11-2-1-5-3-8-4-9-6(5)11/h1-4,10H,(H,12,13). The van der Waals surface area contributed by atoms with E-state index in [4.69, 9.17) is 5.11 Å². The van der Waals surface area contributed by atoms with Gasteiger partial charge in [0.05, 0.1) is 0 Å². The number of hydrogen-bond acceptors (Lipinski definition) is 5. The van der Waals surface area contributed by atoms with Gasteiger partial charge < -0.3 is 5.11 Å². The molecule has 8 nitrogen and oxygen atoms in total. The topological polar surface area (TPSA) is 114 Å². The number of amides is 1. The van der Waals surface area contributed by atoms with Crippen molar-refractivity contribution < 1.29 is 18.3 Å². The van der Waals surface area contributed by atoms with E-state index >= 15 is 0 Å². The van der Waals surface area contributed by atoms with Crippen LogP contribution in [0.2, 0.25) is 0 Å². The van der Waals surface area contributed by atoms with E-state index in [1.807, 2.05) is 0 Å². The third-order valence-corrected chi connectivity index (χ3v) is 3.04. The van der Waals surface area contributed by atoms with Crippen LogP contribution in [-0.4, -0.2) is 33.6 Å². The average molecular weight is 242 g/mol. The minimum Gasteiger partial charge on any atom is -0.464 e. The van der Waals surface area contributed by atoms with Crippen molar-refractivity contribution in [1.29, 1.82) is 0 Å². The summed E-state index contributed by atoms with van der Waals surface area (Å²) in [6, 6.07) is 1.47. The molecule has 0 unspecified atom stereocenters. The van der Waals surface area contributed by atoms with Gasteiger partial charge in [0, 0.05) is 17.8 Å². The van der Waals surface area contributed by atoms with Gasteiger partial charge in [-0.1, -0.05) is 0 Å². The molecule has 0 fully saturated rings. The molecule has 16 heavy (non-hydrogen) atoms. The second kappa shape index (κ2) is 3.45. The first-order valence-electron chi connectivity index (χ1n) is 4.04. The van der Waals surface area contributed by atoms with E-state index in [-0.39, 0.29) is 5.65 Å². The molecule has 84 valence electrons. The molecule has 0 aliphatic heterocycles. The van der Waals surface area contributed by atoms with Gasteiger partial charge in [0.25, 0.3) is 0 Å². The molecular weight excluding hydrogens is 236 g/mol. The fraction of sp³-hybridized carbons (Fsp3) is 0. The Morgan fingerprint density at radius 2 is 2.25 bits per heavy atom. The monoisotopic (exact) mass is 242 g/mol. The van der Waals surface area contributed by atoms with Crippen molar-refractivity contribution in [2.45, 2.75) is 0 Å². The summed E-state index contributed by atoms with van der Waals surface area (Å²) >= 11 is 0. The summed E-state index contributed by atoms with van der Waals surface area (Å²) in [5.41, 5.74) is 0.115. The van der Waals surface area contributed by atoms with E-state index in [0.717, 1.165) is 3.97 Å². The smallest absolute Gasteiger partial charge is 0.419 e. The minimum absolute atomic E-state index is 0.115. The van der Waals surface area contributed by atoms with Crippen molar-refractivity contribution in [2.24, 2.45) is 0 Å². The third kappa shape index (κ3) is 1.67. The van der Waals surface area contributed by atoms with Gasteiger partial charge in [-0.3, -0.25) is 0 Å². The molecule has 1 amide bonds. The summed E-state index contributed by atoms with van der Waals surface area (Å²) in [7, 11) is -4.17. The number of rotatable bonds is 2. The Morgan fingerprint density at radius 3 is 2.94 bits per heavy atom. The van der Waals surface area contributed by atoms with Crippen LogP contribution < -0.4 is 4.72 Å². The largest absolute Gasteiger partial charge is 0.464 e. The number of carboxylic acid groups (broad SMARTS) is 1. The van der Waals surface area contributed by atoms with Crippen LogP contribution in [-0.2, 0) is 10.2 Å². The maximum Gasteiger partial charge on any atom is 0.419 e. The zero-order chi connectivity index (χ0) is 11.8. The molecule has 0 spiro atoms. The number of aromatic nitrogens is 3. The lowest BCUT2D eigenvalue weighted by atomic mass is 10.4. The van der Waals surface area contributed by atoms with Gasteiger partial charge in [-0.2, -0.15) is 8.42 Å². The number of nitrogens with one attached hydrogen (secondary N) is 1. The average Bonchev–Trinajstić information content (AvgIpc) is 2.59. The molecule has 0 atom stereocenters. The molecule has 2 N–H and O–H groups in total. The predicted octanol–water partition coefficient (Wildman–Crippen LogP) is -0.208. The van der Waals surface area contributed by atoms with Crippen LogP contribution >= 0.6 is 0 Å². The fourth-order valence-electron chi connectivity index (χ4n) is 1.21. The minimum atomic E-state index is -4.17. The molecule has 2 rings (SSSR count). The lowest BCUT2D eigenvalue weighted by Gasteiger charge is -2.04. The van der Waals surface area contributed by atoms with Gasteiger partial charge in [-0.15, -0.1) is 0 Å². The Kier molecular flexibility index (Phi) is 2.23. The highest BCUT2D eigenvalue weighted by Gasteiger charge is 2.18. The molecule has 0 saturated carbocycles. The molecule has 0 aliphatic carbocycles. The van der Waals surface area contributed by atoms with E-state index in [2.05, 4.69) is 9.97 Å². The number of nitrogens with zero attached hydrogens (tertiary/aromatic N) is 3. The Morgan fingerprint density at radius 1 is 1.50 bits per heavy atom. The van der Waals surface area contributed by atoms with Gasteiger partial charge in [0.15, 0.2) is 5.65 Å². The SMILES string of the molecule is O=C(O)NS(=O)(=O)n1ccc2cncnc21. The van der Waals surface area contributed by atoms with E-state index in [9.17, 15) is 13.2 Å². The normalized spacial score (nSPS) is 11.5. The molecule has 0 radical (unpaired) electrons. The van der Waals surface area contributed by atoms with Crippen LogP contribution in [0.3, 0.4) is 0 Å². The first-order chi connectivity index (χ1) is 7.50. The second-order valence-corrected chi connectivity index (χ2v) is 4.37.